The Bertz CT molecular complexity index is 417. The SMILES string of the molecule is C[C@@H]1C[C@H](N[S@+]([O-])C(C)(C)C)c2ccccc2O1. The largest absolute Gasteiger partial charge is 0.598 e. The summed E-state index contributed by atoms with van der Waals surface area (Å²) in [5.74, 6) is 0.902. The number of hydrogen-bond acceptors (Lipinski definition) is 3. The zero-order valence-corrected chi connectivity index (χ0v) is 12.2. The lowest BCUT2D eigenvalue weighted by Gasteiger charge is -2.33. The maximum absolute atomic E-state index is 12.2. The van der Waals surface area contributed by atoms with Crippen molar-refractivity contribution < 1.29 is 9.29 Å². The van der Waals surface area contributed by atoms with E-state index in [1.54, 1.807) is 0 Å². The van der Waals surface area contributed by atoms with Crippen LogP contribution in [0.5, 0.6) is 5.75 Å². The smallest absolute Gasteiger partial charge is 0.136 e. The lowest BCUT2D eigenvalue weighted by molar-refractivity contribution is 0.173. The first-order chi connectivity index (χ1) is 8.38. The van der Waals surface area contributed by atoms with Gasteiger partial charge in [-0.15, -0.1) is 4.72 Å². The first-order valence-corrected chi connectivity index (χ1v) is 7.46. The highest BCUT2D eigenvalue weighted by Gasteiger charge is 2.33. The van der Waals surface area contributed by atoms with Crippen LogP contribution < -0.4 is 9.46 Å². The fraction of sp³-hybridized carbons (Fsp3) is 0.571. The summed E-state index contributed by atoms with van der Waals surface area (Å²) in [6.45, 7) is 7.98. The predicted molar refractivity (Wildman–Crippen MR) is 74.9 cm³/mol. The minimum Gasteiger partial charge on any atom is -0.598 e. The van der Waals surface area contributed by atoms with E-state index in [9.17, 15) is 4.55 Å². The number of rotatable bonds is 2. The molecule has 100 valence electrons. The summed E-state index contributed by atoms with van der Waals surface area (Å²) >= 11 is -1.06. The molecule has 0 aliphatic carbocycles. The number of hydrogen-bond donors (Lipinski definition) is 1. The van der Waals surface area contributed by atoms with E-state index < -0.39 is 11.4 Å². The Balaban J connectivity index is 2.19. The van der Waals surface area contributed by atoms with E-state index in [0.29, 0.717) is 0 Å². The molecule has 0 spiro atoms. The van der Waals surface area contributed by atoms with Gasteiger partial charge in [0.05, 0.1) is 12.1 Å². The van der Waals surface area contributed by atoms with Crippen LogP contribution in [-0.4, -0.2) is 15.4 Å². The summed E-state index contributed by atoms with van der Waals surface area (Å²) in [7, 11) is 0. The Morgan fingerprint density at radius 3 is 2.67 bits per heavy atom. The predicted octanol–water partition coefficient (Wildman–Crippen LogP) is 2.95. The minimum atomic E-state index is -1.06. The fourth-order valence-electron chi connectivity index (χ4n) is 2.02. The maximum atomic E-state index is 12.2. The molecule has 0 saturated heterocycles. The van der Waals surface area contributed by atoms with Crippen molar-refractivity contribution in [2.24, 2.45) is 0 Å². The molecule has 1 N–H and O–H groups in total. The van der Waals surface area contributed by atoms with E-state index in [-0.39, 0.29) is 16.9 Å². The van der Waals surface area contributed by atoms with Crippen LogP contribution in [-0.2, 0) is 11.4 Å². The highest BCUT2D eigenvalue weighted by molar-refractivity contribution is 7.90. The number of fused-ring (bicyclic) bond motifs is 1. The van der Waals surface area contributed by atoms with E-state index in [1.807, 2.05) is 52.0 Å². The lowest BCUT2D eigenvalue weighted by atomic mass is 9.98. The number of para-hydroxylation sites is 1. The Labute approximate surface area is 112 Å². The van der Waals surface area contributed by atoms with Crippen molar-refractivity contribution in [3.63, 3.8) is 0 Å². The molecule has 0 fully saturated rings. The van der Waals surface area contributed by atoms with Crippen LogP contribution in [0.4, 0.5) is 0 Å². The molecule has 1 aliphatic rings. The van der Waals surface area contributed by atoms with Gasteiger partial charge in [0.1, 0.15) is 10.5 Å². The summed E-state index contributed by atoms with van der Waals surface area (Å²) in [5.41, 5.74) is 1.10. The van der Waals surface area contributed by atoms with Crippen molar-refractivity contribution in [3.8, 4) is 5.75 Å². The molecule has 0 unspecified atom stereocenters. The Kier molecular flexibility index (Phi) is 3.90. The summed E-state index contributed by atoms with van der Waals surface area (Å²) in [6.07, 6.45) is 0.994. The third-order valence-corrected chi connectivity index (χ3v) is 4.61. The number of ether oxygens (including phenoxy) is 1. The Morgan fingerprint density at radius 2 is 2.00 bits per heavy atom. The molecule has 0 amide bonds. The Hall–Kier alpha value is -0.710. The van der Waals surface area contributed by atoms with E-state index in [1.165, 1.54) is 0 Å². The van der Waals surface area contributed by atoms with Crippen LogP contribution in [0.1, 0.15) is 45.7 Å². The number of nitrogens with one attached hydrogen (secondary N) is 1. The van der Waals surface area contributed by atoms with Crippen LogP contribution in [0.2, 0.25) is 0 Å². The molecule has 0 saturated carbocycles. The van der Waals surface area contributed by atoms with Crippen molar-refractivity contribution in [2.45, 2.75) is 51.0 Å². The maximum Gasteiger partial charge on any atom is 0.136 e. The molecular weight excluding hydrogens is 246 g/mol. The highest BCUT2D eigenvalue weighted by atomic mass is 32.2. The van der Waals surface area contributed by atoms with Crippen LogP contribution >= 0.6 is 0 Å². The topological polar surface area (TPSA) is 44.3 Å². The molecule has 18 heavy (non-hydrogen) atoms. The summed E-state index contributed by atoms with van der Waals surface area (Å²) in [5, 5.41) is 0. The molecule has 1 aliphatic heterocycles. The normalized spacial score (nSPS) is 25.2. The Morgan fingerprint density at radius 1 is 1.33 bits per heavy atom. The van der Waals surface area contributed by atoms with E-state index in [4.69, 9.17) is 4.74 Å². The molecule has 0 radical (unpaired) electrons. The van der Waals surface area contributed by atoms with Gasteiger partial charge in [0.25, 0.3) is 0 Å². The third-order valence-electron chi connectivity index (χ3n) is 3.00. The molecule has 4 heteroatoms. The first-order valence-electron chi connectivity index (χ1n) is 6.31. The minimum absolute atomic E-state index is 0.102. The van der Waals surface area contributed by atoms with Crippen molar-refractivity contribution in [1.82, 2.24) is 4.72 Å². The second-order valence-corrected chi connectivity index (χ2v) is 7.75. The number of benzene rings is 1. The third kappa shape index (κ3) is 2.99. The quantitative estimate of drug-likeness (QED) is 0.838. The van der Waals surface area contributed by atoms with E-state index in [0.717, 1.165) is 17.7 Å². The average molecular weight is 267 g/mol. The van der Waals surface area contributed by atoms with Crippen LogP contribution in [0.25, 0.3) is 0 Å². The zero-order valence-electron chi connectivity index (χ0n) is 11.4. The molecule has 1 aromatic rings. The van der Waals surface area contributed by atoms with Crippen molar-refractivity contribution >= 4 is 11.4 Å². The van der Waals surface area contributed by atoms with E-state index in [2.05, 4.69) is 4.72 Å². The van der Waals surface area contributed by atoms with Gasteiger partial charge < -0.3 is 9.29 Å². The van der Waals surface area contributed by atoms with Gasteiger partial charge in [-0.3, -0.25) is 0 Å². The average Bonchev–Trinajstić information content (AvgIpc) is 2.27. The molecule has 1 heterocycles. The molecule has 3 atom stereocenters. The van der Waals surface area contributed by atoms with Gasteiger partial charge in [0, 0.05) is 23.3 Å². The van der Waals surface area contributed by atoms with Gasteiger partial charge in [-0.1, -0.05) is 18.2 Å². The van der Waals surface area contributed by atoms with Gasteiger partial charge in [-0.25, -0.2) is 0 Å². The van der Waals surface area contributed by atoms with Gasteiger partial charge in [-0.2, -0.15) is 0 Å². The van der Waals surface area contributed by atoms with Gasteiger partial charge in [-0.05, 0) is 33.8 Å². The first kappa shape index (κ1) is 13.7. The molecule has 0 aromatic heterocycles. The molecule has 2 rings (SSSR count). The van der Waals surface area contributed by atoms with Crippen molar-refractivity contribution in [3.05, 3.63) is 29.8 Å². The van der Waals surface area contributed by atoms with Gasteiger partial charge in [0.2, 0.25) is 0 Å². The standard InChI is InChI=1S/C14H21NO2S/c1-10-9-12(15-18(16)14(2,3)4)11-7-5-6-8-13(11)17-10/h5-8,10,12,15H,9H2,1-4H3/t10-,12+,18-/m1/s1. The van der Waals surface area contributed by atoms with Crippen molar-refractivity contribution in [2.75, 3.05) is 0 Å². The monoisotopic (exact) mass is 267 g/mol. The zero-order chi connectivity index (χ0) is 13.3. The second kappa shape index (κ2) is 5.11. The van der Waals surface area contributed by atoms with Gasteiger partial charge >= 0.3 is 0 Å². The molecule has 0 bridgehead atoms. The molecule has 3 nitrogen and oxygen atoms in total. The van der Waals surface area contributed by atoms with E-state index >= 15 is 0 Å². The lowest BCUT2D eigenvalue weighted by Crippen LogP contribution is -2.43. The summed E-state index contributed by atoms with van der Waals surface area (Å²) in [6, 6.07) is 8.07. The van der Waals surface area contributed by atoms with Crippen molar-refractivity contribution in [1.29, 1.82) is 0 Å². The van der Waals surface area contributed by atoms with Crippen LogP contribution in [0, 0.1) is 0 Å². The summed E-state index contributed by atoms with van der Waals surface area (Å²) < 4.78 is 21.0. The molecule has 1 aromatic carbocycles. The van der Waals surface area contributed by atoms with Crippen LogP contribution in [0.3, 0.4) is 0 Å². The fourth-order valence-corrected chi connectivity index (χ4v) is 2.85. The summed E-state index contributed by atoms with van der Waals surface area (Å²) in [4.78, 5) is 0. The van der Waals surface area contributed by atoms with Gasteiger partial charge in [0.15, 0.2) is 0 Å². The highest BCUT2D eigenvalue weighted by Crippen LogP contribution is 2.35. The van der Waals surface area contributed by atoms with Crippen LogP contribution in [0.15, 0.2) is 24.3 Å². The second-order valence-electron chi connectivity index (χ2n) is 5.75. The molecular formula is C14H21NO2S.